The van der Waals surface area contributed by atoms with Gasteiger partial charge in [-0.05, 0) is 25.1 Å². The van der Waals surface area contributed by atoms with Crippen LogP contribution in [0.4, 0.5) is 5.13 Å². The smallest absolute Gasteiger partial charge is 0.257 e. The van der Waals surface area contributed by atoms with Crippen LogP contribution in [0.3, 0.4) is 0 Å². The van der Waals surface area contributed by atoms with E-state index < -0.39 is 15.7 Å². The van der Waals surface area contributed by atoms with Crippen molar-refractivity contribution >= 4 is 38.0 Å². The summed E-state index contributed by atoms with van der Waals surface area (Å²) in [7, 11) is -3.38. The first-order valence-corrected chi connectivity index (χ1v) is 8.99. The van der Waals surface area contributed by atoms with Gasteiger partial charge in [-0.3, -0.25) is 14.9 Å². The molecule has 0 saturated carbocycles. The molecule has 0 aliphatic carbocycles. The maximum Gasteiger partial charge on any atom is 0.257 e. The molecule has 6 nitrogen and oxygen atoms in total. The van der Waals surface area contributed by atoms with Crippen LogP contribution >= 0.6 is 11.3 Å². The van der Waals surface area contributed by atoms with E-state index in [1.54, 1.807) is 6.92 Å². The second-order valence-electron chi connectivity index (χ2n) is 4.74. The topological polar surface area (TPSA) is 93.2 Å². The molecule has 0 fully saturated rings. The largest absolute Gasteiger partial charge is 0.298 e. The van der Waals surface area contributed by atoms with Crippen LogP contribution in [0.2, 0.25) is 0 Å². The zero-order chi connectivity index (χ0) is 16.5. The first kappa shape index (κ1) is 16.3. The van der Waals surface area contributed by atoms with Gasteiger partial charge in [0, 0.05) is 18.7 Å². The summed E-state index contributed by atoms with van der Waals surface area (Å²) in [5.41, 5.74) is 0.762. The number of anilines is 1. The molecule has 1 N–H and O–H groups in total. The Morgan fingerprint density at radius 2 is 1.95 bits per heavy atom. The van der Waals surface area contributed by atoms with Gasteiger partial charge in [-0.2, -0.15) is 0 Å². The van der Waals surface area contributed by atoms with Gasteiger partial charge in [0.15, 0.2) is 20.8 Å². The SMILES string of the molecule is CC(=O)c1sc(NC(=O)c2cccc(S(C)(=O)=O)c2)nc1C. The minimum absolute atomic E-state index is 0.0693. The van der Waals surface area contributed by atoms with Gasteiger partial charge in [0.1, 0.15) is 0 Å². The van der Waals surface area contributed by atoms with Gasteiger partial charge in [-0.15, -0.1) is 0 Å². The standard InChI is InChI=1S/C14H14N2O4S2/c1-8-12(9(2)17)21-14(15-8)16-13(18)10-5-4-6-11(7-10)22(3,19)20/h4-7H,1-3H3,(H,15,16,18). The summed E-state index contributed by atoms with van der Waals surface area (Å²) >= 11 is 1.09. The number of rotatable bonds is 4. The summed E-state index contributed by atoms with van der Waals surface area (Å²) in [5, 5.41) is 2.88. The summed E-state index contributed by atoms with van der Waals surface area (Å²) in [6.45, 7) is 3.12. The Balaban J connectivity index is 2.26. The Kier molecular flexibility index (Phi) is 4.43. The van der Waals surface area contributed by atoms with Crippen LogP contribution in [0.5, 0.6) is 0 Å². The fraction of sp³-hybridized carbons (Fsp3) is 0.214. The number of benzene rings is 1. The molecule has 1 aromatic carbocycles. The molecule has 0 radical (unpaired) electrons. The number of carbonyl (C=O) groups excluding carboxylic acids is 2. The number of carbonyl (C=O) groups is 2. The number of nitrogens with one attached hydrogen (secondary N) is 1. The van der Waals surface area contributed by atoms with Gasteiger partial charge in [0.25, 0.3) is 5.91 Å². The van der Waals surface area contributed by atoms with Gasteiger partial charge >= 0.3 is 0 Å². The number of hydrogen-bond acceptors (Lipinski definition) is 6. The zero-order valence-corrected chi connectivity index (χ0v) is 13.8. The van der Waals surface area contributed by atoms with Crippen molar-refractivity contribution < 1.29 is 18.0 Å². The van der Waals surface area contributed by atoms with Crippen LogP contribution in [0.15, 0.2) is 29.2 Å². The second-order valence-corrected chi connectivity index (χ2v) is 7.76. The van der Waals surface area contributed by atoms with E-state index in [0.29, 0.717) is 15.7 Å². The number of aromatic nitrogens is 1. The quantitative estimate of drug-likeness (QED) is 0.864. The number of hydrogen-bond donors (Lipinski definition) is 1. The van der Waals surface area contributed by atoms with Crippen molar-refractivity contribution in [1.82, 2.24) is 4.98 Å². The van der Waals surface area contributed by atoms with E-state index >= 15 is 0 Å². The number of thiazole rings is 1. The first-order valence-electron chi connectivity index (χ1n) is 6.28. The average molecular weight is 338 g/mol. The van der Waals surface area contributed by atoms with Crippen LogP contribution in [0, 0.1) is 6.92 Å². The average Bonchev–Trinajstić information content (AvgIpc) is 2.79. The monoisotopic (exact) mass is 338 g/mol. The molecule has 0 bridgehead atoms. The highest BCUT2D eigenvalue weighted by Crippen LogP contribution is 2.23. The van der Waals surface area contributed by atoms with Crippen molar-refractivity contribution in [3.63, 3.8) is 0 Å². The van der Waals surface area contributed by atoms with Gasteiger partial charge < -0.3 is 0 Å². The van der Waals surface area contributed by atoms with Gasteiger partial charge in [-0.25, -0.2) is 13.4 Å². The molecule has 0 atom stereocenters. The first-order chi connectivity index (χ1) is 10.2. The third-order valence-corrected chi connectivity index (χ3v) is 5.15. The summed E-state index contributed by atoms with van der Waals surface area (Å²) in [4.78, 5) is 28.2. The van der Waals surface area contributed by atoms with E-state index in [0.717, 1.165) is 17.6 Å². The molecule has 1 aromatic heterocycles. The Labute approximate surface area is 132 Å². The van der Waals surface area contributed by atoms with E-state index in [1.807, 2.05) is 0 Å². The Hall–Kier alpha value is -2.06. The van der Waals surface area contributed by atoms with Crippen molar-refractivity contribution in [3.05, 3.63) is 40.4 Å². The van der Waals surface area contributed by atoms with Crippen LogP contribution in [-0.2, 0) is 9.84 Å². The van der Waals surface area contributed by atoms with Crippen molar-refractivity contribution in [2.24, 2.45) is 0 Å². The van der Waals surface area contributed by atoms with E-state index in [1.165, 1.54) is 31.2 Å². The van der Waals surface area contributed by atoms with Gasteiger partial charge in [0.2, 0.25) is 0 Å². The van der Waals surface area contributed by atoms with E-state index in [4.69, 9.17) is 0 Å². The third-order valence-electron chi connectivity index (χ3n) is 2.86. The summed E-state index contributed by atoms with van der Waals surface area (Å²) in [5.74, 6) is -0.594. The molecule has 0 aliphatic heterocycles. The minimum atomic E-state index is -3.38. The summed E-state index contributed by atoms with van der Waals surface area (Å²) in [6, 6.07) is 5.74. The maximum atomic E-state index is 12.2. The van der Waals surface area contributed by atoms with Crippen LogP contribution in [0.1, 0.15) is 32.6 Å². The van der Waals surface area contributed by atoms with Crippen molar-refractivity contribution in [3.8, 4) is 0 Å². The molecule has 116 valence electrons. The van der Waals surface area contributed by atoms with Gasteiger partial charge in [0.05, 0.1) is 15.5 Å². The van der Waals surface area contributed by atoms with Gasteiger partial charge in [-0.1, -0.05) is 17.4 Å². The number of aryl methyl sites for hydroxylation is 1. The molecule has 1 heterocycles. The van der Waals surface area contributed by atoms with Crippen LogP contribution < -0.4 is 5.32 Å². The van der Waals surface area contributed by atoms with Crippen molar-refractivity contribution in [2.75, 3.05) is 11.6 Å². The Morgan fingerprint density at radius 3 is 2.50 bits per heavy atom. The van der Waals surface area contributed by atoms with E-state index in [9.17, 15) is 18.0 Å². The summed E-state index contributed by atoms with van der Waals surface area (Å²) in [6.07, 6.45) is 1.08. The lowest BCUT2D eigenvalue weighted by Crippen LogP contribution is -2.12. The normalized spacial score (nSPS) is 11.2. The van der Waals surface area contributed by atoms with Crippen LogP contribution in [0.25, 0.3) is 0 Å². The third kappa shape index (κ3) is 3.58. The molecule has 1 amide bonds. The molecule has 0 aliphatic rings. The number of amides is 1. The lowest BCUT2D eigenvalue weighted by Gasteiger charge is -2.03. The fourth-order valence-electron chi connectivity index (χ4n) is 1.81. The number of Topliss-reactive ketones (excluding diaryl/α,β-unsaturated/α-hetero) is 1. The molecule has 22 heavy (non-hydrogen) atoms. The molecule has 0 saturated heterocycles. The van der Waals surface area contributed by atoms with Crippen molar-refractivity contribution in [1.29, 1.82) is 0 Å². The highest BCUT2D eigenvalue weighted by Gasteiger charge is 2.15. The zero-order valence-electron chi connectivity index (χ0n) is 12.2. The number of sulfone groups is 1. The molecule has 2 rings (SSSR count). The molecule has 8 heteroatoms. The molecular formula is C14H14N2O4S2. The molecular weight excluding hydrogens is 324 g/mol. The highest BCUT2D eigenvalue weighted by molar-refractivity contribution is 7.90. The fourth-order valence-corrected chi connectivity index (χ4v) is 3.34. The lowest BCUT2D eigenvalue weighted by atomic mass is 10.2. The minimum Gasteiger partial charge on any atom is -0.298 e. The highest BCUT2D eigenvalue weighted by atomic mass is 32.2. The van der Waals surface area contributed by atoms with Crippen molar-refractivity contribution in [2.45, 2.75) is 18.7 Å². The van der Waals surface area contributed by atoms with Crippen LogP contribution in [-0.4, -0.2) is 31.3 Å². The van der Waals surface area contributed by atoms with E-state index in [-0.39, 0.29) is 16.2 Å². The van der Waals surface area contributed by atoms with E-state index in [2.05, 4.69) is 10.3 Å². The maximum absolute atomic E-state index is 12.2. The molecule has 0 spiro atoms. The predicted molar refractivity (Wildman–Crippen MR) is 84.4 cm³/mol. The Bertz CT molecular complexity index is 853. The molecule has 0 unspecified atom stereocenters. The Morgan fingerprint density at radius 1 is 1.27 bits per heavy atom. The number of ketones is 1. The predicted octanol–water partition coefficient (Wildman–Crippen LogP) is 2.31. The second kappa shape index (κ2) is 5.98. The number of nitrogens with zero attached hydrogens (tertiary/aromatic N) is 1. The summed E-state index contributed by atoms with van der Waals surface area (Å²) < 4.78 is 23.0. The lowest BCUT2D eigenvalue weighted by molar-refractivity contribution is 0.101. The molecule has 2 aromatic rings.